The summed E-state index contributed by atoms with van der Waals surface area (Å²) >= 11 is 6.31. The molecule has 0 saturated heterocycles. The van der Waals surface area contributed by atoms with Crippen LogP contribution in [-0.4, -0.2) is 9.97 Å². The lowest BCUT2D eigenvalue weighted by atomic mass is 9.86. The van der Waals surface area contributed by atoms with Gasteiger partial charge in [-0.25, -0.2) is 9.97 Å². The van der Waals surface area contributed by atoms with Crippen molar-refractivity contribution in [3.63, 3.8) is 0 Å². The molecule has 1 aliphatic rings. The van der Waals surface area contributed by atoms with Crippen LogP contribution < -0.4 is 0 Å². The highest BCUT2D eigenvalue weighted by Crippen LogP contribution is 2.39. The minimum Gasteiger partial charge on any atom is -0.228 e. The van der Waals surface area contributed by atoms with Gasteiger partial charge in [0.1, 0.15) is 0 Å². The minimum atomic E-state index is 0.739. The molecule has 1 heterocycles. The van der Waals surface area contributed by atoms with Crippen LogP contribution in [0.4, 0.5) is 0 Å². The molecule has 5 rings (SSSR count). The first-order valence-electron chi connectivity index (χ1n) is 9.10. The first-order chi connectivity index (χ1) is 13.3. The van der Waals surface area contributed by atoms with Crippen LogP contribution >= 0.6 is 11.6 Å². The molecule has 0 unspecified atom stereocenters. The van der Waals surface area contributed by atoms with Gasteiger partial charge >= 0.3 is 0 Å². The van der Waals surface area contributed by atoms with Crippen molar-refractivity contribution in [1.29, 1.82) is 0 Å². The zero-order valence-electron chi connectivity index (χ0n) is 14.7. The lowest BCUT2D eigenvalue weighted by Crippen LogP contribution is -2.10. The zero-order valence-corrected chi connectivity index (χ0v) is 15.4. The van der Waals surface area contributed by atoms with Crippen LogP contribution in [0.1, 0.15) is 11.1 Å². The third-order valence-electron chi connectivity index (χ3n) is 5.06. The van der Waals surface area contributed by atoms with E-state index in [4.69, 9.17) is 21.6 Å². The van der Waals surface area contributed by atoms with Gasteiger partial charge in [0.2, 0.25) is 0 Å². The van der Waals surface area contributed by atoms with Crippen molar-refractivity contribution in [3.8, 4) is 33.9 Å². The van der Waals surface area contributed by atoms with Gasteiger partial charge in [0.05, 0.1) is 11.4 Å². The summed E-state index contributed by atoms with van der Waals surface area (Å²) in [5.74, 6) is 0.751. The maximum Gasteiger partial charge on any atom is 0.160 e. The van der Waals surface area contributed by atoms with Gasteiger partial charge in [-0.3, -0.25) is 0 Å². The maximum atomic E-state index is 6.31. The molecule has 0 atom stereocenters. The molecule has 0 amide bonds. The predicted octanol–water partition coefficient (Wildman–Crippen LogP) is 6.23. The van der Waals surface area contributed by atoms with E-state index in [-0.39, 0.29) is 0 Å². The van der Waals surface area contributed by atoms with Gasteiger partial charge in [0.15, 0.2) is 5.82 Å². The SMILES string of the molecule is Clc1ccc2c(c1)-c1nc(-c3ccccc3)nc(-c3ccccc3)c1CC2. The van der Waals surface area contributed by atoms with E-state index in [1.54, 1.807) is 0 Å². The Bertz CT molecular complexity index is 1120. The van der Waals surface area contributed by atoms with Gasteiger partial charge in [0.25, 0.3) is 0 Å². The molecule has 0 N–H and O–H groups in total. The normalized spacial score (nSPS) is 12.3. The van der Waals surface area contributed by atoms with E-state index in [2.05, 4.69) is 42.5 Å². The van der Waals surface area contributed by atoms with E-state index >= 15 is 0 Å². The fourth-order valence-electron chi connectivity index (χ4n) is 3.74. The van der Waals surface area contributed by atoms with Gasteiger partial charge in [-0.15, -0.1) is 0 Å². The van der Waals surface area contributed by atoms with Crippen LogP contribution in [-0.2, 0) is 12.8 Å². The van der Waals surface area contributed by atoms with Crippen LogP contribution in [0.5, 0.6) is 0 Å². The first-order valence-corrected chi connectivity index (χ1v) is 9.48. The summed E-state index contributed by atoms with van der Waals surface area (Å²) in [4.78, 5) is 9.96. The van der Waals surface area contributed by atoms with Crippen molar-refractivity contribution in [2.24, 2.45) is 0 Å². The third-order valence-corrected chi connectivity index (χ3v) is 5.29. The van der Waals surface area contributed by atoms with Crippen molar-refractivity contribution in [1.82, 2.24) is 9.97 Å². The molecule has 27 heavy (non-hydrogen) atoms. The van der Waals surface area contributed by atoms with Crippen molar-refractivity contribution < 1.29 is 0 Å². The smallest absolute Gasteiger partial charge is 0.160 e. The summed E-state index contributed by atoms with van der Waals surface area (Å²) in [5.41, 5.74) is 7.79. The summed E-state index contributed by atoms with van der Waals surface area (Å²) in [6.45, 7) is 0. The molecule has 0 bridgehead atoms. The summed E-state index contributed by atoms with van der Waals surface area (Å²) < 4.78 is 0. The Labute approximate surface area is 163 Å². The zero-order chi connectivity index (χ0) is 18.2. The second kappa shape index (κ2) is 6.64. The highest BCUT2D eigenvalue weighted by atomic mass is 35.5. The Morgan fingerprint density at radius 3 is 2.07 bits per heavy atom. The van der Waals surface area contributed by atoms with Crippen molar-refractivity contribution in [3.05, 3.63) is 95.0 Å². The van der Waals surface area contributed by atoms with Gasteiger partial charge < -0.3 is 0 Å². The Morgan fingerprint density at radius 2 is 1.33 bits per heavy atom. The van der Waals surface area contributed by atoms with E-state index in [1.165, 1.54) is 11.1 Å². The monoisotopic (exact) mass is 368 g/mol. The molecule has 130 valence electrons. The average molecular weight is 369 g/mol. The molecule has 2 nitrogen and oxygen atoms in total. The molecule has 0 spiro atoms. The van der Waals surface area contributed by atoms with E-state index < -0.39 is 0 Å². The Kier molecular flexibility index (Phi) is 3.99. The van der Waals surface area contributed by atoms with Crippen LogP contribution in [0.25, 0.3) is 33.9 Å². The summed E-state index contributed by atoms with van der Waals surface area (Å²) in [5, 5.41) is 0.739. The molecular weight excluding hydrogens is 352 g/mol. The predicted molar refractivity (Wildman–Crippen MR) is 111 cm³/mol. The number of rotatable bonds is 2. The lowest BCUT2D eigenvalue weighted by Gasteiger charge is -2.22. The number of aromatic nitrogens is 2. The highest BCUT2D eigenvalue weighted by Gasteiger charge is 2.23. The molecule has 4 aromatic rings. The summed E-state index contributed by atoms with van der Waals surface area (Å²) in [6, 6.07) is 26.6. The highest BCUT2D eigenvalue weighted by molar-refractivity contribution is 6.30. The molecular formula is C24H17ClN2. The number of hydrogen-bond donors (Lipinski definition) is 0. The van der Waals surface area contributed by atoms with Crippen molar-refractivity contribution in [2.75, 3.05) is 0 Å². The number of hydrogen-bond acceptors (Lipinski definition) is 2. The van der Waals surface area contributed by atoms with Crippen LogP contribution in [0, 0.1) is 0 Å². The number of halogens is 1. The van der Waals surface area contributed by atoms with Crippen molar-refractivity contribution in [2.45, 2.75) is 12.8 Å². The van der Waals surface area contributed by atoms with E-state index in [0.717, 1.165) is 51.8 Å². The first kappa shape index (κ1) is 16.2. The summed E-state index contributed by atoms with van der Waals surface area (Å²) in [7, 11) is 0. The fraction of sp³-hybridized carbons (Fsp3) is 0.0833. The number of nitrogens with zero attached hydrogens (tertiary/aromatic N) is 2. The second-order valence-corrected chi connectivity index (χ2v) is 7.19. The molecule has 0 radical (unpaired) electrons. The van der Waals surface area contributed by atoms with Gasteiger partial charge in [-0.2, -0.15) is 0 Å². The topological polar surface area (TPSA) is 25.8 Å². The Balaban J connectivity index is 1.81. The largest absolute Gasteiger partial charge is 0.228 e. The van der Waals surface area contributed by atoms with E-state index in [9.17, 15) is 0 Å². The quantitative estimate of drug-likeness (QED) is 0.419. The molecule has 0 aliphatic heterocycles. The standard InChI is InChI=1S/C24H17ClN2/c25-19-13-11-16-12-14-20-22(17-7-3-1-4-8-17)26-24(18-9-5-2-6-10-18)27-23(20)21(16)15-19/h1-11,13,15H,12,14H2. The number of fused-ring (bicyclic) bond motifs is 3. The minimum absolute atomic E-state index is 0.739. The van der Waals surface area contributed by atoms with Gasteiger partial charge in [-0.05, 0) is 30.5 Å². The van der Waals surface area contributed by atoms with E-state index in [1.807, 2.05) is 36.4 Å². The second-order valence-electron chi connectivity index (χ2n) is 6.76. The van der Waals surface area contributed by atoms with Gasteiger partial charge in [0, 0.05) is 27.3 Å². The molecule has 1 aliphatic carbocycles. The number of benzene rings is 3. The van der Waals surface area contributed by atoms with Crippen LogP contribution in [0.2, 0.25) is 5.02 Å². The summed E-state index contributed by atoms with van der Waals surface area (Å²) in [6.07, 6.45) is 1.91. The third kappa shape index (κ3) is 2.92. The fourth-order valence-corrected chi connectivity index (χ4v) is 3.91. The van der Waals surface area contributed by atoms with Crippen molar-refractivity contribution >= 4 is 11.6 Å². The van der Waals surface area contributed by atoms with Gasteiger partial charge in [-0.1, -0.05) is 78.3 Å². The Hall–Kier alpha value is -2.97. The maximum absolute atomic E-state index is 6.31. The molecule has 1 aromatic heterocycles. The van der Waals surface area contributed by atoms with E-state index in [0.29, 0.717) is 0 Å². The molecule has 3 heteroatoms. The number of aryl methyl sites for hydroxylation is 1. The lowest BCUT2D eigenvalue weighted by molar-refractivity contribution is 0.916. The Morgan fingerprint density at radius 1 is 0.667 bits per heavy atom. The molecule has 0 fully saturated rings. The average Bonchev–Trinajstić information content (AvgIpc) is 2.74. The van der Waals surface area contributed by atoms with Crippen LogP contribution in [0.3, 0.4) is 0 Å². The van der Waals surface area contributed by atoms with Crippen LogP contribution in [0.15, 0.2) is 78.9 Å². The molecule has 0 saturated carbocycles. The molecule has 3 aromatic carbocycles.